The predicted octanol–water partition coefficient (Wildman–Crippen LogP) is 5.47. The normalized spacial score (nSPS) is 13.8. The number of hydrogen-bond donors (Lipinski definition) is 1. The molecule has 28 heavy (non-hydrogen) atoms. The molecule has 4 heteroatoms. The summed E-state index contributed by atoms with van der Waals surface area (Å²) in [5, 5.41) is 0. The van der Waals surface area contributed by atoms with Crippen LogP contribution in [0.25, 0.3) is 0 Å². The first kappa shape index (κ1) is 18.6. The lowest BCUT2D eigenvalue weighted by atomic mass is 9.87. The highest BCUT2D eigenvalue weighted by molar-refractivity contribution is 5.52. The first-order valence-corrected chi connectivity index (χ1v) is 9.69. The van der Waals surface area contributed by atoms with Gasteiger partial charge in [0, 0.05) is 24.7 Å². The van der Waals surface area contributed by atoms with Gasteiger partial charge in [0.1, 0.15) is 11.6 Å². The number of hydrogen-bond acceptors (Lipinski definition) is 2. The molecular weight excluding hydrogens is 354 g/mol. The summed E-state index contributed by atoms with van der Waals surface area (Å²) in [5.74, 6) is -0.362. The van der Waals surface area contributed by atoms with Gasteiger partial charge in [-0.3, -0.25) is 4.90 Å². The first-order chi connectivity index (χ1) is 13.6. The topological polar surface area (TPSA) is 29.3 Å². The summed E-state index contributed by atoms with van der Waals surface area (Å²) in [7, 11) is 0. The summed E-state index contributed by atoms with van der Waals surface area (Å²) in [4.78, 5) is 2.41. The highest BCUT2D eigenvalue weighted by Crippen LogP contribution is 2.31. The van der Waals surface area contributed by atoms with Gasteiger partial charge in [-0.2, -0.15) is 0 Å². The van der Waals surface area contributed by atoms with E-state index in [4.69, 9.17) is 5.73 Å². The summed E-state index contributed by atoms with van der Waals surface area (Å²) in [5.41, 5.74) is 11.6. The van der Waals surface area contributed by atoms with Crippen LogP contribution in [0.3, 0.4) is 0 Å². The first-order valence-electron chi connectivity index (χ1n) is 9.69. The monoisotopic (exact) mass is 378 g/mol. The lowest BCUT2D eigenvalue weighted by Gasteiger charge is -2.21. The molecule has 1 aliphatic heterocycles. The summed E-state index contributed by atoms with van der Waals surface area (Å²) in [6.07, 6.45) is 1.91. The standard InChI is InChI=1S/C24H24F2N2/c25-20-10-6-17(7-11-20)22(18-8-12-21(26)13-9-18)4-2-14-28-15-19-3-1-5-24(27)23(19)16-28/h1,3,5-13,22H,2,4,14-16,27H2. The third-order valence-electron chi connectivity index (χ3n) is 5.60. The molecule has 0 amide bonds. The Morgan fingerprint density at radius 3 is 2.00 bits per heavy atom. The van der Waals surface area contributed by atoms with Crippen LogP contribution in [0.1, 0.15) is 41.0 Å². The molecule has 3 aromatic carbocycles. The van der Waals surface area contributed by atoms with Crippen LogP contribution >= 0.6 is 0 Å². The zero-order valence-corrected chi connectivity index (χ0v) is 15.7. The van der Waals surface area contributed by atoms with E-state index in [9.17, 15) is 8.78 Å². The molecule has 0 radical (unpaired) electrons. The van der Waals surface area contributed by atoms with Crippen molar-refractivity contribution in [3.05, 3.63) is 101 Å². The van der Waals surface area contributed by atoms with Gasteiger partial charge in [0.15, 0.2) is 0 Å². The minimum Gasteiger partial charge on any atom is -0.398 e. The zero-order valence-electron chi connectivity index (χ0n) is 15.7. The number of benzene rings is 3. The molecule has 0 aliphatic carbocycles. The van der Waals surface area contributed by atoms with E-state index in [2.05, 4.69) is 11.0 Å². The molecule has 0 fully saturated rings. The molecule has 2 N–H and O–H groups in total. The van der Waals surface area contributed by atoms with Gasteiger partial charge in [0.05, 0.1) is 0 Å². The van der Waals surface area contributed by atoms with E-state index in [1.165, 1.54) is 35.4 Å². The number of rotatable bonds is 6. The van der Waals surface area contributed by atoms with Crippen molar-refractivity contribution in [2.24, 2.45) is 0 Å². The van der Waals surface area contributed by atoms with Crippen LogP contribution in [-0.4, -0.2) is 11.4 Å². The van der Waals surface area contributed by atoms with Crippen molar-refractivity contribution in [1.82, 2.24) is 4.90 Å². The molecular formula is C24H24F2N2. The van der Waals surface area contributed by atoms with E-state index in [0.717, 1.165) is 49.3 Å². The highest BCUT2D eigenvalue weighted by Gasteiger charge is 2.21. The van der Waals surface area contributed by atoms with Crippen LogP contribution in [0.2, 0.25) is 0 Å². The molecule has 4 rings (SSSR count). The zero-order chi connectivity index (χ0) is 19.5. The van der Waals surface area contributed by atoms with Gasteiger partial charge >= 0.3 is 0 Å². The van der Waals surface area contributed by atoms with Crippen LogP contribution in [0.15, 0.2) is 66.7 Å². The SMILES string of the molecule is Nc1cccc2c1CN(CCCC(c1ccc(F)cc1)c1ccc(F)cc1)C2. The van der Waals surface area contributed by atoms with E-state index in [1.54, 1.807) is 0 Å². The lowest BCUT2D eigenvalue weighted by Crippen LogP contribution is -2.18. The summed E-state index contributed by atoms with van der Waals surface area (Å²) in [6, 6.07) is 19.4. The Kier molecular flexibility index (Phi) is 5.40. The predicted molar refractivity (Wildman–Crippen MR) is 109 cm³/mol. The van der Waals surface area contributed by atoms with E-state index in [1.807, 2.05) is 36.4 Å². The number of fused-ring (bicyclic) bond motifs is 1. The van der Waals surface area contributed by atoms with Crippen molar-refractivity contribution in [2.75, 3.05) is 12.3 Å². The van der Waals surface area contributed by atoms with Crippen LogP contribution in [0, 0.1) is 11.6 Å². The van der Waals surface area contributed by atoms with Gasteiger partial charge in [-0.05, 0) is 72.0 Å². The molecule has 0 atom stereocenters. The Balaban J connectivity index is 1.44. The maximum Gasteiger partial charge on any atom is 0.123 e. The minimum atomic E-state index is -0.242. The smallest absolute Gasteiger partial charge is 0.123 e. The molecule has 0 spiro atoms. The number of nitrogen functional groups attached to an aromatic ring is 1. The summed E-state index contributed by atoms with van der Waals surface area (Å²) >= 11 is 0. The molecule has 1 aliphatic rings. The fraction of sp³-hybridized carbons (Fsp3) is 0.250. The average Bonchev–Trinajstić information content (AvgIpc) is 3.12. The second-order valence-electron chi connectivity index (χ2n) is 7.49. The third kappa shape index (κ3) is 4.07. The number of anilines is 1. The van der Waals surface area contributed by atoms with Gasteiger partial charge in [-0.25, -0.2) is 8.78 Å². The average molecular weight is 378 g/mol. The molecule has 0 aromatic heterocycles. The molecule has 0 unspecified atom stereocenters. The molecule has 3 aromatic rings. The van der Waals surface area contributed by atoms with Crippen LogP contribution in [-0.2, 0) is 13.1 Å². The maximum atomic E-state index is 13.4. The molecule has 1 heterocycles. The van der Waals surface area contributed by atoms with E-state index in [-0.39, 0.29) is 17.6 Å². The molecule has 0 saturated carbocycles. The van der Waals surface area contributed by atoms with Gasteiger partial charge < -0.3 is 5.73 Å². The van der Waals surface area contributed by atoms with E-state index >= 15 is 0 Å². The molecule has 144 valence electrons. The fourth-order valence-corrected chi connectivity index (χ4v) is 4.11. The van der Waals surface area contributed by atoms with Crippen LogP contribution in [0.5, 0.6) is 0 Å². The quantitative estimate of drug-likeness (QED) is 0.576. The van der Waals surface area contributed by atoms with Gasteiger partial charge in [-0.1, -0.05) is 36.4 Å². The Bertz CT molecular complexity index is 890. The molecule has 0 saturated heterocycles. The largest absolute Gasteiger partial charge is 0.398 e. The summed E-state index contributed by atoms with van der Waals surface area (Å²) < 4.78 is 26.7. The lowest BCUT2D eigenvalue weighted by molar-refractivity contribution is 0.276. The maximum absolute atomic E-state index is 13.4. The van der Waals surface area contributed by atoms with Crippen molar-refractivity contribution in [3.63, 3.8) is 0 Å². The third-order valence-corrected chi connectivity index (χ3v) is 5.60. The van der Waals surface area contributed by atoms with E-state index < -0.39 is 0 Å². The van der Waals surface area contributed by atoms with Crippen molar-refractivity contribution in [1.29, 1.82) is 0 Å². The van der Waals surface area contributed by atoms with Crippen LogP contribution < -0.4 is 5.73 Å². The van der Waals surface area contributed by atoms with Crippen LogP contribution in [0.4, 0.5) is 14.5 Å². The highest BCUT2D eigenvalue weighted by atomic mass is 19.1. The Hall–Kier alpha value is -2.72. The second-order valence-corrected chi connectivity index (χ2v) is 7.49. The number of nitrogens with zero attached hydrogens (tertiary/aromatic N) is 1. The summed E-state index contributed by atoms with van der Waals surface area (Å²) in [6.45, 7) is 2.78. The van der Waals surface area contributed by atoms with Crippen molar-refractivity contribution < 1.29 is 8.78 Å². The van der Waals surface area contributed by atoms with Gasteiger partial charge in [0.2, 0.25) is 0 Å². The van der Waals surface area contributed by atoms with Crippen molar-refractivity contribution >= 4 is 5.69 Å². The van der Waals surface area contributed by atoms with Gasteiger partial charge in [0.25, 0.3) is 0 Å². The second kappa shape index (κ2) is 8.11. The fourth-order valence-electron chi connectivity index (χ4n) is 4.11. The molecule has 2 nitrogen and oxygen atoms in total. The van der Waals surface area contributed by atoms with E-state index in [0.29, 0.717) is 0 Å². The number of halogens is 2. The minimum absolute atomic E-state index is 0.122. The number of nitrogens with two attached hydrogens (primary N) is 1. The Morgan fingerprint density at radius 2 is 1.43 bits per heavy atom. The van der Waals surface area contributed by atoms with Crippen molar-refractivity contribution in [3.8, 4) is 0 Å². The molecule has 0 bridgehead atoms. The Labute approximate surface area is 164 Å². The van der Waals surface area contributed by atoms with Crippen molar-refractivity contribution in [2.45, 2.75) is 31.8 Å². The van der Waals surface area contributed by atoms with Gasteiger partial charge in [-0.15, -0.1) is 0 Å². The Morgan fingerprint density at radius 1 is 0.821 bits per heavy atom.